The Morgan fingerprint density at radius 3 is 2.84 bits per heavy atom. The molecule has 4 nitrogen and oxygen atoms in total. The van der Waals surface area contributed by atoms with Crippen molar-refractivity contribution in [3.8, 4) is 5.75 Å². The van der Waals surface area contributed by atoms with Crippen molar-refractivity contribution >= 4 is 12.0 Å². The number of carbonyl (C=O) groups is 1. The average Bonchev–Trinajstić information content (AvgIpc) is 2.47. The first-order valence-corrected chi connectivity index (χ1v) is 6.61. The zero-order valence-corrected chi connectivity index (χ0v) is 11.2. The summed E-state index contributed by atoms with van der Waals surface area (Å²) in [5.41, 5.74) is 0.984. The number of amides is 1. The van der Waals surface area contributed by atoms with Crippen LogP contribution in [0, 0.1) is 0 Å². The molecule has 1 saturated heterocycles. The Balaban J connectivity index is 1.84. The minimum absolute atomic E-state index is 0.0375. The molecule has 0 aliphatic carbocycles. The molecule has 1 atom stereocenters. The molecule has 0 radical (unpaired) electrons. The summed E-state index contributed by atoms with van der Waals surface area (Å²) in [4.78, 5) is 11.8. The molecule has 0 aromatic heterocycles. The quantitative estimate of drug-likeness (QED) is 0.808. The van der Waals surface area contributed by atoms with Crippen LogP contribution in [0.5, 0.6) is 5.75 Å². The largest absolute Gasteiger partial charge is 0.497 e. The molecule has 1 aliphatic heterocycles. The van der Waals surface area contributed by atoms with Crippen LogP contribution in [-0.4, -0.2) is 32.1 Å². The third kappa shape index (κ3) is 4.41. The van der Waals surface area contributed by atoms with Crippen molar-refractivity contribution < 1.29 is 9.53 Å². The van der Waals surface area contributed by atoms with Gasteiger partial charge in [0.1, 0.15) is 5.75 Å². The monoisotopic (exact) mass is 260 g/mol. The van der Waals surface area contributed by atoms with Crippen LogP contribution in [-0.2, 0) is 4.79 Å². The second-order valence-electron chi connectivity index (χ2n) is 4.66. The zero-order chi connectivity index (χ0) is 13.5. The second-order valence-corrected chi connectivity index (χ2v) is 4.66. The van der Waals surface area contributed by atoms with Crippen molar-refractivity contribution in [2.24, 2.45) is 0 Å². The first-order valence-electron chi connectivity index (χ1n) is 6.61. The number of hydrogen-bond acceptors (Lipinski definition) is 3. The molecule has 1 heterocycles. The summed E-state index contributed by atoms with van der Waals surface area (Å²) in [6.07, 6.45) is 5.56. The number of nitrogens with one attached hydrogen (secondary N) is 2. The van der Waals surface area contributed by atoms with Crippen LogP contribution >= 0.6 is 0 Å². The van der Waals surface area contributed by atoms with Gasteiger partial charge in [-0.1, -0.05) is 12.1 Å². The summed E-state index contributed by atoms with van der Waals surface area (Å²) in [6.45, 7) is 1.91. The molecule has 2 N–H and O–H groups in total. The van der Waals surface area contributed by atoms with Crippen LogP contribution < -0.4 is 15.4 Å². The maximum Gasteiger partial charge on any atom is 0.244 e. The molecule has 1 aromatic carbocycles. The molecule has 1 aromatic rings. The van der Waals surface area contributed by atoms with Gasteiger partial charge in [-0.25, -0.2) is 0 Å². The van der Waals surface area contributed by atoms with E-state index in [0.717, 1.165) is 37.2 Å². The first kappa shape index (κ1) is 13.6. The minimum Gasteiger partial charge on any atom is -0.497 e. The minimum atomic E-state index is -0.0375. The van der Waals surface area contributed by atoms with E-state index in [1.54, 1.807) is 13.2 Å². The van der Waals surface area contributed by atoms with Gasteiger partial charge in [0.25, 0.3) is 0 Å². The van der Waals surface area contributed by atoms with Gasteiger partial charge in [0.15, 0.2) is 0 Å². The van der Waals surface area contributed by atoms with Crippen molar-refractivity contribution in [2.75, 3.05) is 20.2 Å². The molecule has 1 aliphatic rings. The lowest BCUT2D eigenvalue weighted by atomic mass is 10.1. The summed E-state index contributed by atoms with van der Waals surface area (Å²) >= 11 is 0. The number of methoxy groups -OCH3 is 1. The topological polar surface area (TPSA) is 50.4 Å². The number of carbonyl (C=O) groups excluding carboxylic acids is 1. The average molecular weight is 260 g/mol. The van der Waals surface area contributed by atoms with E-state index in [0.29, 0.717) is 0 Å². The predicted octanol–water partition coefficient (Wildman–Crippen LogP) is 1.58. The van der Waals surface area contributed by atoms with E-state index in [-0.39, 0.29) is 11.9 Å². The third-order valence-corrected chi connectivity index (χ3v) is 3.19. The molecule has 2 rings (SSSR count). The Morgan fingerprint density at radius 1 is 1.42 bits per heavy atom. The number of benzene rings is 1. The highest BCUT2D eigenvalue weighted by molar-refractivity contribution is 5.91. The standard InChI is InChI=1S/C15H20N2O2/c1-19-14-7-4-12(5-8-14)6-9-15(18)17-13-3-2-10-16-11-13/h4-9,13,16H,2-3,10-11H2,1H3,(H,17,18). The summed E-state index contributed by atoms with van der Waals surface area (Å²) in [6, 6.07) is 7.85. The summed E-state index contributed by atoms with van der Waals surface area (Å²) in [7, 11) is 1.64. The molecule has 19 heavy (non-hydrogen) atoms. The Morgan fingerprint density at radius 2 is 2.21 bits per heavy atom. The third-order valence-electron chi connectivity index (χ3n) is 3.19. The molecule has 1 unspecified atom stereocenters. The van der Waals surface area contributed by atoms with E-state index in [2.05, 4.69) is 10.6 Å². The van der Waals surface area contributed by atoms with E-state index in [4.69, 9.17) is 4.74 Å². The fourth-order valence-corrected chi connectivity index (χ4v) is 2.11. The number of rotatable bonds is 4. The number of hydrogen-bond donors (Lipinski definition) is 2. The molecule has 0 saturated carbocycles. The van der Waals surface area contributed by atoms with Gasteiger partial charge in [-0.15, -0.1) is 0 Å². The van der Waals surface area contributed by atoms with Crippen molar-refractivity contribution in [1.82, 2.24) is 10.6 Å². The van der Waals surface area contributed by atoms with Crippen LogP contribution in [0.1, 0.15) is 18.4 Å². The lowest BCUT2D eigenvalue weighted by Gasteiger charge is -2.23. The highest BCUT2D eigenvalue weighted by atomic mass is 16.5. The Kier molecular flexibility index (Phi) is 4.98. The lowest BCUT2D eigenvalue weighted by molar-refractivity contribution is -0.117. The summed E-state index contributed by atoms with van der Waals surface area (Å²) in [5.74, 6) is 0.777. The molecule has 1 amide bonds. The van der Waals surface area contributed by atoms with Crippen molar-refractivity contribution in [2.45, 2.75) is 18.9 Å². The molecular weight excluding hydrogens is 240 g/mol. The fraction of sp³-hybridized carbons (Fsp3) is 0.400. The van der Waals surface area contributed by atoms with Gasteiger partial charge in [-0.2, -0.15) is 0 Å². The van der Waals surface area contributed by atoms with Gasteiger partial charge >= 0.3 is 0 Å². The van der Waals surface area contributed by atoms with Crippen LogP contribution in [0.4, 0.5) is 0 Å². The van der Waals surface area contributed by atoms with Gasteiger partial charge in [-0.05, 0) is 43.2 Å². The molecule has 4 heteroatoms. The number of ether oxygens (including phenoxy) is 1. The SMILES string of the molecule is COc1ccc(C=CC(=O)NC2CCCNC2)cc1. The van der Waals surface area contributed by atoms with E-state index >= 15 is 0 Å². The fourth-order valence-electron chi connectivity index (χ4n) is 2.11. The first-order chi connectivity index (χ1) is 9.28. The van der Waals surface area contributed by atoms with Gasteiger partial charge in [0, 0.05) is 18.7 Å². The lowest BCUT2D eigenvalue weighted by Crippen LogP contribution is -2.45. The van der Waals surface area contributed by atoms with Crippen LogP contribution in [0.15, 0.2) is 30.3 Å². The molecule has 1 fully saturated rings. The second kappa shape index (κ2) is 6.95. The molecule has 102 valence electrons. The maximum absolute atomic E-state index is 11.8. The van der Waals surface area contributed by atoms with Crippen molar-refractivity contribution in [1.29, 1.82) is 0 Å². The smallest absolute Gasteiger partial charge is 0.244 e. The van der Waals surface area contributed by atoms with E-state index in [1.165, 1.54) is 0 Å². The number of piperidine rings is 1. The Bertz CT molecular complexity index is 434. The van der Waals surface area contributed by atoms with Crippen LogP contribution in [0.25, 0.3) is 6.08 Å². The van der Waals surface area contributed by atoms with Gasteiger partial charge in [-0.3, -0.25) is 4.79 Å². The van der Waals surface area contributed by atoms with Crippen LogP contribution in [0.3, 0.4) is 0 Å². The van der Waals surface area contributed by atoms with Crippen LogP contribution in [0.2, 0.25) is 0 Å². The molecular formula is C15H20N2O2. The maximum atomic E-state index is 11.8. The highest BCUT2D eigenvalue weighted by Gasteiger charge is 2.13. The molecule has 0 spiro atoms. The van der Waals surface area contributed by atoms with E-state index < -0.39 is 0 Å². The predicted molar refractivity (Wildman–Crippen MR) is 76.1 cm³/mol. The van der Waals surface area contributed by atoms with Gasteiger partial charge in [0.2, 0.25) is 5.91 Å². The Hall–Kier alpha value is -1.81. The van der Waals surface area contributed by atoms with Crippen molar-refractivity contribution in [3.63, 3.8) is 0 Å². The molecule has 0 bridgehead atoms. The summed E-state index contributed by atoms with van der Waals surface area (Å²) < 4.78 is 5.08. The van der Waals surface area contributed by atoms with Gasteiger partial charge < -0.3 is 15.4 Å². The van der Waals surface area contributed by atoms with E-state index in [9.17, 15) is 4.79 Å². The summed E-state index contributed by atoms with van der Waals surface area (Å²) in [5, 5.41) is 6.27. The van der Waals surface area contributed by atoms with Crippen molar-refractivity contribution in [3.05, 3.63) is 35.9 Å². The normalized spacial score (nSPS) is 19.3. The van der Waals surface area contributed by atoms with E-state index in [1.807, 2.05) is 30.3 Å². The Labute approximate surface area is 113 Å². The highest BCUT2D eigenvalue weighted by Crippen LogP contribution is 2.12. The zero-order valence-electron chi connectivity index (χ0n) is 11.2. The van der Waals surface area contributed by atoms with Gasteiger partial charge in [0.05, 0.1) is 7.11 Å².